The van der Waals surface area contributed by atoms with Crippen LogP contribution in [0.25, 0.3) is 0 Å². The van der Waals surface area contributed by atoms with Crippen molar-refractivity contribution < 1.29 is 13.5 Å². The third-order valence-corrected chi connectivity index (χ3v) is 6.08. The maximum atomic E-state index is 11.5. The summed E-state index contributed by atoms with van der Waals surface area (Å²) in [7, 11) is -2.92. The van der Waals surface area contributed by atoms with Crippen molar-refractivity contribution in [3.63, 3.8) is 0 Å². The van der Waals surface area contributed by atoms with Crippen LogP contribution in [-0.4, -0.2) is 54.7 Å². The van der Waals surface area contributed by atoms with Gasteiger partial charge in [0.05, 0.1) is 11.9 Å². The van der Waals surface area contributed by atoms with E-state index >= 15 is 0 Å². The largest absolute Gasteiger partial charge is 0.391 e. The number of aliphatic hydroxyl groups excluding tert-OH is 1. The Hall–Kier alpha value is -0.130. The summed E-state index contributed by atoms with van der Waals surface area (Å²) in [6.07, 6.45) is 1.45. The molecule has 4 nitrogen and oxygen atoms in total. The zero-order chi connectivity index (χ0) is 15.1. The number of aliphatic hydroxyl groups is 1. The maximum absolute atomic E-state index is 11.5. The first kappa shape index (κ1) is 18.9. The molecule has 0 bridgehead atoms. The van der Waals surface area contributed by atoms with E-state index in [1.165, 1.54) is 0 Å². The molecule has 116 valence electrons. The molecule has 0 aliphatic heterocycles. The molecule has 2 atom stereocenters. The van der Waals surface area contributed by atoms with Gasteiger partial charge in [-0.2, -0.15) is 0 Å². The van der Waals surface area contributed by atoms with Gasteiger partial charge in [0.1, 0.15) is 9.84 Å². The lowest BCUT2D eigenvalue weighted by molar-refractivity contribution is -0.0238. The third kappa shape index (κ3) is 5.40. The number of sulfone groups is 1. The Kier molecular flexibility index (Phi) is 8.17. The smallest absolute Gasteiger partial charge is 0.150 e. The van der Waals surface area contributed by atoms with E-state index in [4.69, 9.17) is 0 Å². The van der Waals surface area contributed by atoms with Gasteiger partial charge in [0.2, 0.25) is 0 Å². The molecule has 0 aromatic heterocycles. The van der Waals surface area contributed by atoms with Crippen LogP contribution in [0.1, 0.15) is 53.9 Å². The molecule has 0 amide bonds. The Morgan fingerprint density at radius 2 is 1.68 bits per heavy atom. The van der Waals surface area contributed by atoms with Crippen LogP contribution < -0.4 is 0 Å². The topological polar surface area (TPSA) is 57.6 Å². The predicted molar refractivity (Wildman–Crippen MR) is 81.2 cm³/mol. The lowest BCUT2D eigenvalue weighted by atomic mass is 9.87. The fourth-order valence-corrected chi connectivity index (χ4v) is 3.46. The summed E-state index contributed by atoms with van der Waals surface area (Å²) in [6.45, 7) is 11.8. The molecule has 0 saturated heterocycles. The highest BCUT2D eigenvalue weighted by Gasteiger charge is 2.35. The van der Waals surface area contributed by atoms with Crippen LogP contribution in [0.2, 0.25) is 0 Å². The summed E-state index contributed by atoms with van der Waals surface area (Å²) in [4.78, 5) is 2.26. The van der Waals surface area contributed by atoms with Crippen molar-refractivity contribution in [2.24, 2.45) is 0 Å². The molecule has 19 heavy (non-hydrogen) atoms. The van der Waals surface area contributed by atoms with Gasteiger partial charge in [0, 0.05) is 11.3 Å². The van der Waals surface area contributed by atoms with E-state index in [9.17, 15) is 13.5 Å². The zero-order valence-electron chi connectivity index (χ0n) is 13.1. The standard InChI is InChI=1S/C14H31NO3S/c1-6-14(5,15(7-2)8-3)13(16)11-10-12-19(17,18)9-4/h13,16H,6-12H2,1-5H3. The van der Waals surface area contributed by atoms with Gasteiger partial charge in [-0.1, -0.05) is 27.7 Å². The quantitative estimate of drug-likeness (QED) is 0.670. The Bertz CT molecular complexity index is 339. The fourth-order valence-electron chi connectivity index (χ4n) is 2.57. The average Bonchev–Trinajstić information content (AvgIpc) is 2.39. The van der Waals surface area contributed by atoms with Gasteiger partial charge in [0.15, 0.2) is 0 Å². The van der Waals surface area contributed by atoms with E-state index in [0.717, 1.165) is 19.5 Å². The van der Waals surface area contributed by atoms with Gasteiger partial charge in [-0.15, -0.1) is 0 Å². The minimum absolute atomic E-state index is 0.179. The Morgan fingerprint density at radius 3 is 2.05 bits per heavy atom. The van der Waals surface area contributed by atoms with Crippen LogP contribution in [-0.2, 0) is 9.84 Å². The van der Waals surface area contributed by atoms with Crippen molar-refractivity contribution in [2.75, 3.05) is 24.6 Å². The Labute approximate surface area is 119 Å². The lowest BCUT2D eigenvalue weighted by Crippen LogP contribution is -2.54. The predicted octanol–water partition coefficient (Wildman–Crippen LogP) is 2.07. The summed E-state index contributed by atoms with van der Waals surface area (Å²) in [6, 6.07) is 0. The highest BCUT2D eigenvalue weighted by Crippen LogP contribution is 2.26. The Balaban J connectivity index is 4.56. The van der Waals surface area contributed by atoms with Gasteiger partial charge in [-0.25, -0.2) is 8.42 Å². The van der Waals surface area contributed by atoms with Crippen molar-refractivity contribution in [1.82, 2.24) is 4.90 Å². The number of rotatable bonds is 10. The molecular weight excluding hydrogens is 262 g/mol. The number of hydrogen-bond acceptors (Lipinski definition) is 4. The lowest BCUT2D eigenvalue weighted by Gasteiger charge is -2.43. The first-order valence-electron chi connectivity index (χ1n) is 7.40. The van der Waals surface area contributed by atoms with E-state index in [-0.39, 0.29) is 17.0 Å². The summed E-state index contributed by atoms with van der Waals surface area (Å²) in [5, 5.41) is 10.4. The second kappa shape index (κ2) is 8.22. The normalized spacial score (nSPS) is 17.4. The summed E-state index contributed by atoms with van der Waals surface area (Å²) in [5.41, 5.74) is -0.264. The van der Waals surface area contributed by atoms with Crippen LogP contribution >= 0.6 is 0 Å². The molecule has 1 N–H and O–H groups in total. The van der Waals surface area contributed by atoms with Crippen LogP contribution in [0.5, 0.6) is 0 Å². The first-order chi connectivity index (χ1) is 8.77. The van der Waals surface area contributed by atoms with Crippen LogP contribution in [0, 0.1) is 0 Å². The third-order valence-electron chi connectivity index (χ3n) is 4.29. The molecule has 0 aromatic carbocycles. The highest BCUT2D eigenvalue weighted by molar-refractivity contribution is 7.91. The van der Waals surface area contributed by atoms with E-state index in [0.29, 0.717) is 12.8 Å². The zero-order valence-corrected chi connectivity index (χ0v) is 14.0. The van der Waals surface area contributed by atoms with Gasteiger partial charge in [-0.3, -0.25) is 4.90 Å². The van der Waals surface area contributed by atoms with Crippen molar-refractivity contribution in [3.8, 4) is 0 Å². The van der Waals surface area contributed by atoms with E-state index < -0.39 is 15.9 Å². The number of likely N-dealkylation sites (N-methyl/N-ethyl adjacent to an activating group) is 1. The average molecular weight is 293 g/mol. The molecule has 5 heteroatoms. The van der Waals surface area contributed by atoms with Crippen LogP contribution in [0.3, 0.4) is 0 Å². The number of hydrogen-bond donors (Lipinski definition) is 1. The maximum Gasteiger partial charge on any atom is 0.150 e. The highest BCUT2D eigenvalue weighted by atomic mass is 32.2. The molecule has 0 spiro atoms. The van der Waals surface area contributed by atoms with E-state index in [1.807, 2.05) is 0 Å². The van der Waals surface area contributed by atoms with Gasteiger partial charge < -0.3 is 5.11 Å². The molecule has 0 aliphatic rings. The summed E-state index contributed by atoms with van der Waals surface area (Å²) in [5.74, 6) is 0.364. The summed E-state index contributed by atoms with van der Waals surface area (Å²) < 4.78 is 22.9. The van der Waals surface area contributed by atoms with Crippen molar-refractivity contribution in [3.05, 3.63) is 0 Å². The SMILES string of the molecule is CCN(CC)C(C)(CC)C(O)CCCS(=O)(=O)CC. The molecule has 0 aliphatic carbocycles. The van der Waals surface area contributed by atoms with Crippen LogP contribution in [0.4, 0.5) is 0 Å². The molecular formula is C14H31NO3S. The molecule has 0 fully saturated rings. The van der Waals surface area contributed by atoms with Crippen molar-refractivity contribution >= 4 is 9.84 Å². The minimum Gasteiger partial charge on any atom is -0.391 e. The summed E-state index contributed by atoms with van der Waals surface area (Å²) >= 11 is 0. The van der Waals surface area contributed by atoms with Crippen LogP contribution in [0.15, 0.2) is 0 Å². The van der Waals surface area contributed by atoms with E-state index in [1.54, 1.807) is 6.92 Å². The molecule has 0 aromatic rings. The molecule has 0 heterocycles. The van der Waals surface area contributed by atoms with Gasteiger partial charge in [-0.05, 0) is 39.3 Å². The molecule has 0 saturated carbocycles. The molecule has 0 rings (SSSR count). The fraction of sp³-hybridized carbons (Fsp3) is 1.00. The minimum atomic E-state index is -2.92. The van der Waals surface area contributed by atoms with Crippen molar-refractivity contribution in [1.29, 1.82) is 0 Å². The number of nitrogens with zero attached hydrogens (tertiary/aromatic N) is 1. The van der Waals surface area contributed by atoms with Crippen molar-refractivity contribution in [2.45, 2.75) is 65.5 Å². The monoisotopic (exact) mass is 293 g/mol. The second-order valence-corrected chi connectivity index (χ2v) is 7.75. The van der Waals surface area contributed by atoms with E-state index in [2.05, 4.69) is 32.6 Å². The first-order valence-corrected chi connectivity index (χ1v) is 9.23. The molecule has 2 unspecified atom stereocenters. The second-order valence-electron chi connectivity index (χ2n) is 5.28. The Morgan fingerprint density at radius 1 is 1.16 bits per heavy atom. The van der Waals surface area contributed by atoms with Gasteiger partial charge in [0.25, 0.3) is 0 Å². The molecule has 0 radical (unpaired) electrons. The van der Waals surface area contributed by atoms with Gasteiger partial charge >= 0.3 is 0 Å².